The summed E-state index contributed by atoms with van der Waals surface area (Å²) in [5, 5.41) is 3.45. The maximum absolute atomic E-state index is 12.6. The Morgan fingerprint density at radius 1 is 1.25 bits per heavy atom. The van der Waals surface area contributed by atoms with Crippen LogP contribution in [0.2, 0.25) is 0 Å². The van der Waals surface area contributed by atoms with E-state index >= 15 is 0 Å². The second kappa shape index (κ2) is 6.30. The van der Waals surface area contributed by atoms with Gasteiger partial charge < -0.3 is 4.90 Å². The van der Waals surface area contributed by atoms with E-state index in [4.69, 9.17) is 0 Å². The number of aryl methyl sites for hydroxylation is 1. The second-order valence-corrected chi connectivity index (χ2v) is 6.05. The molecule has 1 fully saturated rings. The highest BCUT2D eigenvalue weighted by Crippen LogP contribution is 2.32. The summed E-state index contributed by atoms with van der Waals surface area (Å²) >= 11 is 0. The van der Waals surface area contributed by atoms with Gasteiger partial charge in [-0.3, -0.25) is 9.48 Å². The quantitative estimate of drug-likeness (QED) is 0.859. The van der Waals surface area contributed by atoms with Gasteiger partial charge >= 0.3 is 6.18 Å². The third-order valence-corrected chi connectivity index (χ3v) is 4.26. The maximum Gasteiger partial charge on any atom is 0.435 e. The van der Waals surface area contributed by atoms with Crippen LogP contribution in [-0.2, 0) is 17.5 Å². The standard InChI is InChI=1S/C17H18F3N3O/c1-12-4-6-13(7-5-12)14-3-2-9-23(14)16(24)11-22-10-8-15(21-22)17(18,19)20/h4-8,10,14H,2-3,9,11H2,1H3. The topological polar surface area (TPSA) is 38.1 Å². The largest absolute Gasteiger partial charge is 0.435 e. The molecule has 4 nitrogen and oxygen atoms in total. The summed E-state index contributed by atoms with van der Waals surface area (Å²) in [6.07, 6.45) is -1.55. The number of halogens is 3. The average molecular weight is 337 g/mol. The predicted molar refractivity (Wildman–Crippen MR) is 82.1 cm³/mol. The van der Waals surface area contributed by atoms with Crippen molar-refractivity contribution < 1.29 is 18.0 Å². The van der Waals surface area contributed by atoms with Gasteiger partial charge in [0.1, 0.15) is 6.54 Å². The SMILES string of the molecule is Cc1ccc(C2CCCN2C(=O)Cn2ccc(C(F)(F)F)n2)cc1. The zero-order valence-electron chi connectivity index (χ0n) is 13.3. The summed E-state index contributed by atoms with van der Waals surface area (Å²) in [5.74, 6) is -0.213. The molecule has 2 aromatic rings. The molecule has 0 radical (unpaired) electrons. The monoisotopic (exact) mass is 337 g/mol. The normalized spacial score (nSPS) is 18.2. The van der Waals surface area contributed by atoms with Crippen molar-refractivity contribution in [1.82, 2.24) is 14.7 Å². The Hall–Kier alpha value is -2.31. The summed E-state index contributed by atoms with van der Waals surface area (Å²) in [6, 6.07) is 8.87. The van der Waals surface area contributed by atoms with Crippen LogP contribution in [0.5, 0.6) is 0 Å². The Kier molecular flexibility index (Phi) is 4.34. The Bertz CT molecular complexity index is 721. The number of carbonyl (C=O) groups is 1. The van der Waals surface area contributed by atoms with E-state index in [0.717, 1.165) is 34.7 Å². The lowest BCUT2D eigenvalue weighted by atomic mass is 10.0. The van der Waals surface area contributed by atoms with Gasteiger partial charge in [0.05, 0.1) is 6.04 Å². The third-order valence-electron chi connectivity index (χ3n) is 4.26. The van der Waals surface area contributed by atoms with Gasteiger partial charge in [0, 0.05) is 12.7 Å². The highest BCUT2D eigenvalue weighted by atomic mass is 19.4. The van der Waals surface area contributed by atoms with Crippen LogP contribution in [-0.4, -0.2) is 27.1 Å². The van der Waals surface area contributed by atoms with Crippen molar-refractivity contribution in [3.63, 3.8) is 0 Å². The second-order valence-electron chi connectivity index (χ2n) is 6.05. The molecule has 1 saturated heterocycles. The van der Waals surface area contributed by atoms with Crippen LogP contribution in [0.1, 0.15) is 35.7 Å². The molecule has 7 heteroatoms. The molecule has 0 spiro atoms. The molecule has 0 N–H and O–H groups in total. The summed E-state index contributed by atoms with van der Waals surface area (Å²) in [4.78, 5) is 14.2. The highest BCUT2D eigenvalue weighted by Gasteiger charge is 2.34. The van der Waals surface area contributed by atoms with Crippen LogP contribution >= 0.6 is 0 Å². The minimum atomic E-state index is -4.49. The van der Waals surface area contributed by atoms with E-state index in [2.05, 4.69) is 5.10 Å². The van der Waals surface area contributed by atoms with Gasteiger partial charge in [-0.2, -0.15) is 18.3 Å². The number of benzene rings is 1. The molecule has 1 aliphatic heterocycles. The number of likely N-dealkylation sites (tertiary alicyclic amines) is 1. The third kappa shape index (κ3) is 3.44. The zero-order chi connectivity index (χ0) is 17.3. The van der Waals surface area contributed by atoms with E-state index < -0.39 is 11.9 Å². The molecule has 2 heterocycles. The lowest BCUT2D eigenvalue weighted by Gasteiger charge is -2.25. The minimum absolute atomic E-state index is 0.0178. The van der Waals surface area contributed by atoms with Crippen molar-refractivity contribution in [3.8, 4) is 0 Å². The van der Waals surface area contributed by atoms with Crippen molar-refractivity contribution >= 4 is 5.91 Å². The predicted octanol–water partition coefficient (Wildman–Crippen LogP) is 3.57. The van der Waals surface area contributed by atoms with E-state index in [1.54, 1.807) is 4.90 Å². The van der Waals surface area contributed by atoms with E-state index in [-0.39, 0.29) is 18.5 Å². The average Bonchev–Trinajstić information content (AvgIpc) is 3.16. The van der Waals surface area contributed by atoms with Crippen molar-refractivity contribution in [2.24, 2.45) is 0 Å². The first kappa shape index (κ1) is 16.5. The van der Waals surface area contributed by atoms with E-state index in [0.29, 0.717) is 6.54 Å². The smallest absolute Gasteiger partial charge is 0.334 e. The van der Waals surface area contributed by atoms with Gasteiger partial charge in [-0.05, 0) is 31.4 Å². The highest BCUT2D eigenvalue weighted by molar-refractivity contribution is 5.76. The van der Waals surface area contributed by atoms with Crippen molar-refractivity contribution in [2.75, 3.05) is 6.54 Å². The fraction of sp³-hybridized carbons (Fsp3) is 0.412. The van der Waals surface area contributed by atoms with E-state index in [1.807, 2.05) is 31.2 Å². The Balaban J connectivity index is 1.72. The van der Waals surface area contributed by atoms with Crippen LogP contribution in [0.25, 0.3) is 0 Å². The van der Waals surface area contributed by atoms with Gasteiger partial charge in [-0.15, -0.1) is 0 Å². The van der Waals surface area contributed by atoms with E-state index in [9.17, 15) is 18.0 Å². The first-order chi connectivity index (χ1) is 11.3. The van der Waals surface area contributed by atoms with Crippen LogP contribution in [0.3, 0.4) is 0 Å². The first-order valence-corrected chi connectivity index (χ1v) is 7.81. The number of aromatic nitrogens is 2. The van der Waals surface area contributed by atoms with Crippen LogP contribution < -0.4 is 0 Å². The molecule has 0 aliphatic carbocycles. The summed E-state index contributed by atoms with van der Waals surface area (Å²) in [6.45, 7) is 2.43. The molecule has 1 aromatic heterocycles. The first-order valence-electron chi connectivity index (χ1n) is 7.81. The lowest BCUT2D eigenvalue weighted by Crippen LogP contribution is -2.33. The van der Waals surface area contributed by atoms with Gasteiger partial charge in [-0.25, -0.2) is 0 Å². The number of rotatable bonds is 3. The van der Waals surface area contributed by atoms with Gasteiger partial charge in [0.15, 0.2) is 5.69 Å². The molecule has 1 atom stereocenters. The lowest BCUT2D eigenvalue weighted by molar-refractivity contribution is -0.142. The van der Waals surface area contributed by atoms with Gasteiger partial charge in [0.2, 0.25) is 5.91 Å². The molecule has 1 aromatic carbocycles. The van der Waals surface area contributed by atoms with E-state index in [1.165, 1.54) is 6.20 Å². The molecule has 24 heavy (non-hydrogen) atoms. The molecule has 128 valence electrons. The zero-order valence-corrected chi connectivity index (χ0v) is 13.3. The van der Waals surface area contributed by atoms with Crippen molar-refractivity contribution in [1.29, 1.82) is 0 Å². The summed E-state index contributed by atoms with van der Waals surface area (Å²) in [7, 11) is 0. The molecule has 1 unspecified atom stereocenters. The number of carbonyl (C=O) groups excluding carboxylic acids is 1. The van der Waals surface area contributed by atoms with Crippen LogP contribution in [0.15, 0.2) is 36.5 Å². The Labute approximate surface area is 137 Å². The van der Waals surface area contributed by atoms with Crippen LogP contribution in [0.4, 0.5) is 13.2 Å². The Morgan fingerprint density at radius 3 is 2.58 bits per heavy atom. The van der Waals surface area contributed by atoms with Gasteiger partial charge in [-0.1, -0.05) is 29.8 Å². The van der Waals surface area contributed by atoms with Crippen molar-refractivity contribution in [3.05, 3.63) is 53.3 Å². The molecular formula is C17H18F3N3O. The van der Waals surface area contributed by atoms with Crippen LogP contribution in [0, 0.1) is 6.92 Å². The maximum atomic E-state index is 12.6. The summed E-state index contributed by atoms with van der Waals surface area (Å²) < 4.78 is 38.8. The molecular weight excluding hydrogens is 319 g/mol. The number of hydrogen-bond donors (Lipinski definition) is 0. The van der Waals surface area contributed by atoms with Crippen molar-refractivity contribution in [2.45, 2.75) is 38.5 Å². The Morgan fingerprint density at radius 2 is 1.96 bits per heavy atom. The van der Waals surface area contributed by atoms with Gasteiger partial charge in [0.25, 0.3) is 0 Å². The number of nitrogens with zero attached hydrogens (tertiary/aromatic N) is 3. The molecule has 0 saturated carbocycles. The molecule has 0 bridgehead atoms. The summed E-state index contributed by atoms with van der Waals surface area (Å²) in [5.41, 5.74) is 1.22. The molecule has 1 amide bonds. The minimum Gasteiger partial charge on any atom is -0.334 e. The number of alkyl halides is 3. The fourth-order valence-electron chi connectivity index (χ4n) is 3.03. The number of hydrogen-bond acceptors (Lipinski definition) is 2. The fourth-order valence-corrected chi connectivity index (χ4v) is 3.03. The molecule has 3 rings (SSSR count). The molecule has 1 aliphatic rings. The number of amides is 1.